The fourth-order valence-corrected chi connectivity index (χ4v) is 1.70. The Balaban J connectivity index is 2.49. The maximum absolute atomic E-state index is 12.2. The molecule has 2 rings (SSSR count). The first kappa shape index (κ1) is 11.2. The van der Waals surface area contributed by atoms with Gasteiger partial charge in [0.2, 0.25) is 0 Å². The second-order valence-corrected chi connectivity index (χ2v) is 3.74. The number of amides is 1. The first-order chi connectivity index (χ1) is 8.24. The summed E-state index contributed by atoms with van der Waals surface area (Å²) in [5, 5.41) is 0.851. The van der Waals surface area contributed by atoms with Crippen molar-refractivity contribution in [2.24, 2.45) is 0 Å². The molecule has 0 unspecified atom stereocenters. The van der Waals surface area contributed by atoms with Crippen molar-refractivity contribution in [3.8, 4) is 12.3 Å². The van der Waals surface area contributed by atoms with Gasteiger partial charge in [0.05, 0.1) is 12.1 Å². The quantitative estimate of drug-likeness (QED) is 0.730. The van der Waals surface area contributed by atoms with Crippen LogP contribution in [0.3, 0.4) is 0 Å². The van der Waals surface area contributed by atoms with Crippen LogP contribution in [0.15, 0.2) is 36.5 Å². The van der Waals surface area contributed by atoms with Crippen molar-refractivity contribution in [1.82, 2.24) is 9.88 Å². The van der Waals surface area contributed by atoms with E-state index >= 15 is 0 Å². The molecule has 17 heavy (non-hydrogen) atoms. The smallest absolute Gasteiger partial charge is 0.255 e. The molecule has 3 nitrogen and oxygen atoms in total. The molecule has 84 valence electrons. The van der Waals surface area contributed by atoms with Gasteiger partial charge in [-0.25, -0.2) is 0 Å². The third kappa shape index (κ3) is 2.11. The van der Waals surface area contributed by atoms with Crippen molar-refractivity contribution in [2.45, 2.75) is 0 Å². The fourth-order valence-electron chi connectivity index (χ4n) is 1.70. The molecule has 0 atom stereocenters. The minimum absolute atomic E-state index is 0.0819. The van der Waals surface area contributed by atoms with Crippen LogP contribution in [-0.2, 0) is 0 Å². The van der Waals surface area contributed by atoms with Crippen molar-refractivity contribution in [1.29, 1.82) is 0 Å². The van der Waals surface area contributed by atoms with Gasteiger partial charge in [-0.2, -0.15) is 0 Å². The second kappa shape index (κ2) is 4.67. The van der Waals surface area contributed by atoms with Crippen molar-refractivity contribution in [2.75, 3.05) is 13.6 Å². The molecule has 0 saturated carbocycles. The topological polar surface area (TPSA) is 33.2 Å². The van der Waals surface area contributed by atoms with Crippen LogP contribution in [-0.4, -0.2) is 29.4 Å². The lowest BCUT2D eigenvalue weighted by Gasteiger charge is -2.14. The van der Waals surface area contributed by atoms with E-state index in [1.54, 1.807) is 19.3 Å². The highest BCUT2D eigenvalue weighted by atomic mass is 16.2. The lowest BCUT2D eigenvalue weighted by molar-refractivity contribution is 0.0814. The minimum Gasteiger partial charge on any atom is -0.331 e. The van der Waals surface area contributed by atoms with Gasteiger partial charge in [0.1, 0.15) is 0 Å². The van der Waals surface area contributed by atoms with E-state index < -0.39 is 0 Å². The predicted molar refractivity (Wildman–Crippen MR) is 67.5 cm³/mol. The number of benzene rings is 1. The maximum atomic E-state index is 12.2. The van der Waals surface area contributed by atoms with Crippen LogP contribution >= 0.6 is 0 Å². The zero-order chi connectivity index (χ0) is 12.3. The second-order valence-electron chi connectivity index (χ2n) is 3.74. The number of hydrogen-bond acceptors (Lipinski definition) is 2. The molecule has 0 spiro atoms. The lowest BCUT2D eigenvalue weighted by atomic mass is 10.1. The maximum Gasteiger partial charge on any atom is 0.255 e. The Morgan fingerprint density at radius 3 is 3.00 bits per heavy atom. The number of pyridine rings is 1. The van der Waals surface area contributed by atoms with Crippen molar-refractivity contribution in [3.63, 3.8) is 0 Å². The number of aromatic nitrogens is 1. The zero-order valence-corrected chi connectivity index (χ0v) is 9.55. The third-order valence-corrected chi connectivity index (χ3v) is 2.55. The Morgan fingerprint density at radius 2 is 2.24 bits per heavy atom. The summed E-state index contributed by atoms with van der Waals surface area (Å²) in [5.41, 5.74) is 1.45. The summed E-state index contributed by atoms with van der Waals surface area (Å²) in [6.07, 6.45) is 6.91. The first-order valence-corrected chi connectivity index (χ1v) is 5.26. The summed E-state index contributed by atoms with van der Waals surface area (Å²) in [7, 11) is 1.69. The van der Waals surface area contributed by atoms with E-state index in [4.69, 9.17) is 6.42 Å². The van der Waals surface area contributed by atoms with Crippen molar-refractivity contribution in [3.05, 3.63) is 42.1 Å². The van der Waals surface area contributed by atoms with Gasteiger partial charge < -0.3 is 4.90 Å². The van der Waals surface area contributed by atoms with Crippen LogP contribution in [0.2, 0.25) is 0 Å². The Morgan fingerprint density at radius 1 is 1.41 bits per heavy atom. The normalized spacial score (nSPS) is 9.88. The van der Waals surface area contributed by atoms with Crippen LogP contribution in [0, 0.1) is 12.3 Å². The van der Waals surface area contributed by atoms with E-state index in [2.05, 4.69) is 10.9 Å². The SMILES string of the molecule is C#CCN(C)C(=O)c1cccc2ncccc12. The highest BCUT2D eigenvalue weighted by Crippen LogP contribution is 2.17. The Bertz CT molecular complexity index is 593. The molecule has 0 aliphatic rings. The largest absolute Gasteiger partial charge is 0.331 e. The Hall–Kier alpha value is -2.34. The number of fused-ring (bicyclic) bond motifs is 1. The number of carbonyl (C=O) groups is 1. The molecule has 1 heterocycles. The number of nitrogens with zero attached hydrogens (tertiary/aromatic N) is 2. The van der Waals surface area contributed by atoms with Crippen LogP contribution in [0.4, 0.5) is 0 Å². The molecule has 0 saturated heterocycles. The molecule has 0 N–H and O–H groups in total. The summed E-state index contributed by atoms with van der Waals surface area (Å²) < 4.78 is 0. The monoisotopic (exact) mass is 224 g/mol. The first-order valence-electron chi connectivity index (χ1n) is 5.26. The number of hydrogen-bond donors (Lipinski definition) is 0. The number of rotatable bonds is 2. The summed E-state index contributed by atoms with van der Waals surface area (Å²) >= 11 is 0. The van der Waals surface area contributed by atoms with Gasteiger partial charge in [-0.15, -0.1) is 6.42 Å². The highest BCUT2D eigenvalue weighted by molar-refractivity contribution is 6.06. The third-order valence-electron chi connectivity index (χ3n) is 2.55. The van der Waals surface area contributed by atoms with Gasteiger partial charge >= 0.3 is 0 Å². The summed E-state index contributed by atoms with van der Waals surface area (Å²) in [6, 6.07) is 9.21. The van der Waals surface area contributed by atoms with Crippen LogP contribution in [0.25, 0.3) is 10.9 Å². The van der Waals surface area contributed by atoms with Gasteiger partial charge in [0.25, 0.3) is 5.91 Å². The predicted octanol–water partition coefficient (Wildman–Crippen LogP) is 1.94. The standard InChI is InChI=1S/C14H12N2O/c1-3-10-16(2)14(17)12-6-4-8-13-11(12)7-5-9-15-13/h1,4-9H,10H2,2H3. The molecule has 1 aromatic heterocycles. The molecule has 1 aromatic carbocycles. The van der Waals surface area contributed by atoms with E-state index in [1.165, 1.54) is 4.90 Å². The molecule has 2 aromatic rings. The molecule has 3 heteroatoms. The highest BCUT2D eigenvalue weighted by Gasteiger charge is 2.13. The number of carbonyl (C=O) groups excluding carboxylic acids is 1. The molecule has 0 fully saturated rings. The van der Waals surface area contributed by atoms with Crippen LogP contribution < -0.4 is 0 Å². The molecular formula is C14H12N2O. The van der Waals surface area contributed by atoms with Crippen molar-refractivity contribution < 1.29 is 4.79 Å². The number of terminal acetylenes is 1. The van der Waals surface area contributed by atoms with Gasteiger partial charge in [-0.05, 0) is 18.2 Å². The van der Waals surface area contributed by atoms with E-state index in [-0.39, 0.29) is 5.91 Å². The Labute approximate surface area is 100 Å². The van der Waals surface area contributed by atoms with Crippen LogP contribution in [0.5, 0.6) is 0 Å². The summed E-state index contributed by atoms with van der Waals surface area (Å²) in [6.45, 7) is 0.301. The molecular weight excluding hydrogens is 212 g/mol. The average molecular weight is 224 g/mol. The van der Waals surface area contributed by atoms with Gasteiger partial charge in [0.15, 0.2) is 0 Å². The molecule has 0 aliphatic heterocycles. The molecule has 1 amide bonds. The molecule has 0 bridgehead atoms. The van der Waals surface area contributed by atoms with Gasteiger partial charge in [-0.3, -0.25) is 9.78 Å². The minimum atomic E-state index is -0.0819. The van der Waals surface area contributed by atoms with Gasteiger partial charge in [-0.1, -0.05) is 18.1 Å². The van der Waals surface area contributed by atoms with Crippen LogP contribution in [0.1, 0.15) is 10.4 Å². The van der Waals surface area contributed by atoms with E-state index in [0.29, 0.717) is 12.1 Å². The van der Waals surface area contributed by atoms with Gasteiger partial charge in [0, 0.05) is 24.2 Å². The zero-order valence-electron chi connectivity index (χ0n) is 9.55. The molecule has 0 radical (unpaired) electrons. The van der Waals surface area contributed by atoms with E-state index in [1.807, 2.05) is 24.3 Å². The van der Waals surface area contributed by atoms with E-state index in [9.17, 15) is 4.79 Å². The summed E-state index contributed by atoms with van der Waals surface area (Å²) in [4.78, 5) is 17.9. The van der Waals surface area contributed by atoms with Crippen molar-refractivity contribution >= 4 is 16.8 Å². The summed E-state index contributed by atoms with van der Waals surface area (Å²) in [5.74, 6) is 2.37. The fraction of sp³-hybridized carbons (Fsp3) is 0.143. The van der Waals surface area contributed by atoms with E-state index in [0.717, 1.165) is 10.9 Å². The average Bonchev–Trinajstić information content (AvgIpc) is 2.37. The Kier molecular flexibility index (Phi) is 3.06. The lowest BCUT2D eigenvalue weighted by Crippen LogP contribution is -2.27. The molecule has 0 aliphatic carbocycles.